The van der Waals surface area contributed by atoms with Crippen LogP contribution in [0.2, 0.25) is 0 Å². The van der Waals surface area contributed by atoms with Gasteiger partial charge in [-0.05, 0) is 42.5 Å². The van der Waals surface area contributed by atoms with Crippen LogP contribution in [0.5, 0.6) is 5.75 Å². The SMILES string of the molecule is N[N+]12C=CN=CC1=C(C1CC(CO)C1)N=C2c1cccc(OCc2ccccc2)c1. The first-order valence-electron chi connectivity index (χ1n) is 10.3. The number of aliphatic hydroxyl groups is 1. The number of quaternary nitrogens is 1. The van der Waals surface area contributed by atoms with Crippen LogP contribution in [-0.2, 0) is 6.61 Å². The molecule has 2 aromatic rings. The molecule has 0 radical (unpaired) electrons. The summed E-state index contributed by atoms with van der Waals surface area (Å²) in [6, 6.07) is 18.0. The summed E-state index contributed by atoms with van der Waals surface area (Å²) in [5.74, 6) is 9.02. The summed E-state index contributed by atoms with van der Waals surface area (Å²) in [5.41, 5.74) is 3.94. The van der Waals surface area contributed by atoms with Crippen molar-refractivity contribution in [1.82, 2.24) is 0 Å². The Labute approximate surface area is 175 Å². The highest BCUT2D eigenvalue weighted by Gasteiger charge is 2.47. The van der Waals surface area contributed by atoms with Crippen molar-refractivity contribution < 1.29 is 14.4 Å². The van der Waals surface area contributed by atoms with Crippen molar-refractivity contribution in [3.05, 3.63) is 89.5 Å². The Bertz CT molecular complexity index is 1070. The van der Waals surface area contributed by atoms with Crippen molar-refractivity contribution >= 4 is 12.1 Å². The second kappa shape index (κ2) is 7.65. The number of fused-ring (bicyclic) bond motifs is 1. The molecule has 30 heavy (non-hydrogen) atoms. The van der Waals surface area contributed by atoms with E-state index in [0.717, 1.165) is 46.9 Å². The highest BCUT2D eigenvalue weighted by atomic mass is 16.5. The molecule has 2 heterocycles. The van der Waals surface area contributed by atoms with Gasteiger partial charge < -0.3 is 9.84 Å². The molecule has 1 atom stereocenters. The van der Waals surface area contributed by atoms with E-state index in [4.69, 9.17) is 15.6 Å². The Kier molecular flexibility index (Phi) is 4.83. The predicted octanol–water partition coefficient (Wildman–Crippen LogP) is 3.50. The molecule has 5 rings (SSSR count). The molecule has 1 fully saturated rings. The third-order valence-electron chi connectivity index (χ3n) is 6.04. The van der Waals surface area contributed by atoms with Gasteiger partial charge in [0.2, 0.25) is 5.70 Å². The van der Waals surface area contributed by atoms with E-state index >= 15 is 0 Å². The van der Waals surface area contributed by atoms with Crippen molar-refractivity contribution in [2.45, 2.75) is 19.4 Å². The number of ether oxygens (including phenoxy) is 1. The van der Waals surface area contributed by atoms with E-state index in [0.29, 0.717) is 18.4 Å². The van der Waals surface area contributed by atoms with Gasteiger partial charge in [-0.15, -0.1) is 4.59 Å². The molecule has 1 unspecified atom stereocenters. The second-order valence-electron chi connectivity index (χ2n) is 8.08. The van der Waals surface area contributed by atoms with Gasteiger partial charge in [-0.1, -0.05) is 36.4 Å². The van der Waals surface area contributed by atoms with Crippen LogP contribution in [0, 0.1) is 11.8 Å². The van der Waals surface area contributed by atoms with Crippen molar-refractivity contribution in [2.75, 3.05) is 6.61 Å². The Morgan fingerprint density at radius 1 is 1.10 bits per heavy atom. The van der Waals surface area contributed by atoms with Crippen LogP contribution in [0.15, 0.2) is 88.4 Å². The molecule has 2 aromatic carbocycles. The minimum atomic E-state index is 0.0151. The number of aliphatic hydroxyl groups excluding tert-OH is 1. The quantitative estimate of drug-likeness (QED) is 0.574. The first kappa shape index (κ1) is 18.9. The highest BCUT2D eigenvalue weighted by molar-refractivity contribution is 6.00. The maximum Gasteiger partial charge on any atom is 0.265 e. The van der Waals surface area contributed by atoms with Gasteiger partial charge >= 0.3 is 0 Å². The summed E-state index contributed by atoms with van der Waals surface area (Å²) in [7, 11) is 0. The third kappa shape index (κ3) is 3.29. The van der Waals surface area contributed by atoms with E-state index in [9.17, 15) is 5.11 Å². The van der Waals surface area contributed by atoms with Crippen LogP contribution >= 0.6 is 0 Å². The number of aliphatic imine (C=N–C) groups is 2. The molecule has 2 aliphatic heterocycles. The smallest absolute Gasteiger partial charge is 0.265 e. The molecule has 0 spiro atoms. The maximum atomic E-state index is 9.39. The van der Waals surface area contributed by atoms with Gasteiger partial charge in [0.1, 0.15) is 24.3 Å². The molecule has 152 valence electrons. The summed E-state index contributed by atoms with van der Waals surface area (Å²) >= 11 is 0. The lowest BCUT2D eigenvalue weighted by atomic mass is 9.73. The Morgan fingerprint density at radius 3 is 2.73 bits per heavy atom. The number of hydrogen-bond acceptors (Lipinski definition) is 5. The van der Waals surface area contributed by atoms with Crippen molar-refractivity contribution in [2.24, 2.45) is 27.7 Å². The third-order valence-corrected chi connectivity index (χ3v) is 6.04. The van der Waals surface area contributed by atoms with E-state index in [-0.39, 0.29) is 11.2 Å². The fourth-order valence-electron chi connectivity index (χ4n) is 4.28. The van der Waals surface area contributed by atoms with Crippen LogP contribution in [-0.4, -0.2) is 28.4 Å². The van der Waals surface area contributed by atoms with Crippen LogP contribution < -0.4 is 10.6 Å². The minimum Gasteiger partial charge on any atom is -0.489 e. The summed E-state index contributed by atoms with van der Waals surface area (Å²) in [6.45, 7) is 0.735. The summed E-state index contributed by atoms with van der Waals surface area (Å²) in [6.07, 6.45) is 7.26. The first-order valence-corrected chi connectivity index (χ1v) is 10.3. The van der Waals surface area contributed by atoms with Gasteiger partial charge in [0.05, 0.1) is 18.0 Å². The Balaban J connectivity index is 1.42. The molecular weight excluding hydrogens is 376 g/mol. The molecule has 6 heteroatoms. The zero-order valence-corrected chi connectivity index (χ0v) is 16.7. The Hall–Kier alpha value is -3.06. The molecule has 6 nitrogen and oxygen atoms in total. The maximum absolute atomic E-state index is 9.39. The number of nitrogens with zero attached hydrogens (tertiary/aromatic N) is 3. The molecule has 1 saturated carbocycles. The van der Waals surface area contributed by atoms with Crippen molar-refractivity contribution in [3.8, 4) is 5.75 Å². The number of allylic oxidation sites excluding steroid dienone is 2. The monoisotopic (exact) mass is 401 g/mol. The predicted molar refractivity (Wildman–Crippen MR) is 116 cm³/mol. The minimum absolute atomic E-state index is 0.0151. The molecule has 0 aromatic heterocycles. The second-order valence-corrected chi connectivity index (χ2v) is 8.08. The van der Waals surface area contributed by atoms with Gasteiger partial charge in [-0.3, -0.25) is 4.99 Å². The fourth-order valence-corrected chi connectivity index (χ4v) is 4.28. The summed E-state index contributed by atoms with van der Waals surface area (Å²) in [5, 5.41) is 9.39. The van der Waals surface area contributed by atoms with E-state index in [2.05, 4.69) is 4.99 Å². The van der Waals surface area contributed by atoms with Crippen LogP contribution in [0.1, 0.15) is 24.0 Å². The van der Waals surface area contributed by atoms with Gasteiger partial charge in [-0.2, -0.15) is 10.8 Å². The van der Waals surface area contributed by atoms with Crippen LogP contribution in [0.4, 0.5) is 0 Å². The van der Waals surface area contributed by atoms with E-state index < -0.39 is 0 Å². The zero-order valence-electron chi connectivity index (χ0n) is 16.7. The van der Waals surface area contributed by atoms with E-state index in [1.54, 1.807) is 6.20 Å². The lowest BCUT2D eigenvalue weighted by Crippen LogP contribution is -2.53. The Morgan fingerprint density at radius 2 is 1.93 bits per heavy atom. The lowest BCUT2D eigenvalue weighted by Gasteiger charge is -2.33. The van der Waals surface area contributed by atoms with Gasteiger partial charge in [0.15, 0.2) is 0 Å². The normalized spacial score (nSPS) is 26.9. The van der Waals surface area contributed by atoms with E-state index in [1.165, 1.54) is 0 Å². The average molecular weight is 401 g/mol. The number of amidine groups is 1. The summed E-state index contributed by atoms with van der Waals surface area (Å²) in [4.78, 5) is 9.29. The molecule has 0 bridgehead atoms. The first-order chi connectivity index (χ1) is 14.7. The molecule has 3 N–H and O–H groups in total. The zero-order chi connectivity index (χ0) is 20.6. The van der Waals surface area contributed by atoms with Crippen molar-refractivity contribution in [3.63, 3.8) is 0 Å². The van der Waals surface area contributed by atoms with Crippen LogP contribution in [0.25, 0.3) is 0 Å². The molecule has 1 aliphatic carbocycles. The van der Waals surface area contributed by atoms with Gasteiger partial charge in [0.25, 0.3) is 5.84 Å². The largest absolute Gasteiger partial charge is 0.489 e. The number of rotatable bonds is 6. The standard InChI is InChI=1S/C24H25N4O2/c25-28-10-9-26-14-22(28)23(20-11-18(12-20)15-29)27-24(28)19-7-4-8-21(13-19)30-16-17-5-2-1-3-6-17/h1-10,13-14,18,20,29H,11-12,15-16,25H2/q+1. The number of nitrogens with two attached hydrogens (primary N) is 1. The molecular formula is C24H25N4O2+. The fraction of sp³-hybridized carbons (Fsp3) is 0.250. The molecule has 0 saturated heterocycles. The van der Waals surface area contributed by atoms with E-state index in [1.807, 2.05) is 67.0 Å². The number of benzene rings is 2. The van der Waals surface area contributed by atoms with Gasteiger partial charge in [0, 0.05) is 12.5 Å². The topological polar surface area (TPSA) is 80.2 Å². The molecule has 0 amide bonds. The number of hydrogen-bond donors (Lipinski definition) is 2. The lowest BCUT2D eigenvalue weighted by molar-refractivity contribution is -0.750. The highest BCUT2D eigenvalue weighted by Crippen LogP contribution is 2.44. The average Bonchev–Trinajstić information content (AvgIpc) is 3.05. The van der Waals surface area contributed by atoms with Crippen molar-refractivity contribution in [1.29, 1.82) is 0 Å². The van der Waals surface area contributed by atoms with Gasteiger partial charge in [-0.25, -0.2) is 0 Å². The summed E-state index contributed by atoms with van der Waals surface area (Å²) < 4.78 is 6.02. The molecule has 3 aliphatic rings. The van der Waals surface area contributed by atoms with Crippen LogP contribution in [0.3, 0.4) is 0 Å².